The molecule has 0 atom stereocenters. The molecule has 0 unspecified atom stereocenters. The zero-order chi connectivity index (χ0) is 15.0. The van der Waals surface area contributed by atoms with E-state index in [0.29, 0.717) is 13.2 Å². The van der Waals surface area contributed by atoms with Gasteiger partial charge in [-0.1, -0.05) is 35.3 Å². The van der Waals surface area contributed by atoms with E-state index in [0.717, 1.165) is 11.1 Å². The summed E-state index contributed by atoms with van der Waals surface area (Å²) < 4.78 is 32.6. The predicted molar refractivity (Wildman–Crippen MR) is 82.2 cm³/mol. The smallest absolute Gasteiger partial charge is 0.261 e. The number of halogens is 2. The van der Waals surface area contributed by atoms with Crippen molar-refractivity contribution in [2.45, 2.75) is 18.1 Å². The molecule has 0 fully saturated rings. The molecule has 0 spiro atoms. The molecular weight excluding hydrogens is 333 g/mol. The van der Waals surface area contributed by atoms with Gasteiger partial charge in [0.15, 0.2) is 0 Å². The molecule has 0 radical (unpaired) electrons. The first-order valence-electron chi connectivity index (χ1n) is 6.14. The summed E-state index contributed by atoms with van der Waals surface area (Å²) in [7, 11) is -3.75. The third-order valence-corrected chi connectivity index (χ3v) is 5.18. The van der Waals surface area contributed by atoms with Crippen LogP contribution in [0.25, 0.3) is 0 Å². The molecule has 21 heavy (non-hydrogen) atoms. The summed E-state index contributed by atoms with van der Waals surface area (Å²) in [6.07, 6.45) is 0. The summed E-state index contributed by atoms with van der Waals surface area (Å²) in [6, 6.07) is 9.69. The van der Waals surface area contributed by atoms with E-state index < -0.39 is 10.0 Å². The molecule has 0 aliphatic carbocycles. The summed E-state index contributed by atoms with van der Waals surface area (Å²) in [5.41, 5.74) is 2.06. The molecule has 1 aliphatic heterocycles. The van der Waals surface area contributed by atoms with Crippen LogP contribution in [0, 0.1) is 0 Å². The lowest BCUT2D eigenvalue weighted by Gasteiger charge is -2.11. The quantitative estimate of drug-likeness (QED) is 0.921. The fourth-order valence-electron chi connectivity index (χ4n) is 2.10. The van der Waals surface area contributed by atoms with E-state index >= 15 is 0 Å². The number of fused-ring (bicyclic) bond motifs is 1. The fraction of sp³-hybridized carbons (Fsp3) is 0.143. The molecule has 7 heteroatoms. The van der Waals surface area contributed by atoms with Crippen LogP contribution in [0.1, 0.15) is 11.1 Å². The van der Waals surface area contributed by atoms with Crippen molar-refractivity contribution < 1.29 is 13.2 Å². The minimum absolute atomic E-state index is 0.155. The van der Waals surface area contributed by atoms with Crippen molar-refractivity contribution in [3.63, 3.8) is 0 Å². The van der Waals surface area contributed by atoms with Gasteiger partial charge in [0.2, 0.25) is 0 Å². The van der Waals surface area contributed by atoms with Gasteiger partial charge >= 0.3 is 0 Å². The SMILES string of the molecule is O=S(=O)(Nc1c(Cl)cccc1Cl)c1ccc2c(c1)COC2. The molecule has 1 N–H and O–H groups in total. The molecule has 0 bridgehead atoms. The summed E-state index contributed by atoms with van der Waals surface area (Å²) in [4.78, 5) is 0.155. The molecule has 110 valence electrons. The van der Waals surface area contributed by atoms with Gasteiger partial charge in [-0.2, -0.15) is 0 Å². The van der Waals surface area contributed by atoms with Crippen LogP contribution in [0.3, 0.4) is 0 Å². The normalized spacial score (nSPS) is 14.0. The molecule has 0 amide bonds. The van der Waals surface area contributed by atoms with Crippen LogP contribution in [0.15, 0.2) is 41.3 Å². The first-order valence-corrected chi connectivity index (χ1v) is 8.38. The lowest BCUT2D eigenvalue weighted by molar-refractivity contribution is 0.134. The van der Waals surface area contributed by atoms with Gasteiger partial charge in [0.25, 0.3) is 10.0 Å². The van der Waals surface area contributed by atoms with Crippen molar-refractivity contribution in [2.75, 3.05) is 4.72 Å². The van der Waals surface area contributed by atoms with Crippen molar-refractivity contribution in [2.24, 2.45) is 0 Å². The van der Waals surface area contributed by atoms with Crippen LogP contribution >= 0.6 is 23.2 Å². The summed E-state index contributed by atoms with van der Waals surface area (Å²) in [6.45, 7) is 0.935. The summed E-state index contributed by atoms with van der Waals surface area (Å²) >= 11 is 12.0. The van der Waals surface area contributed by atoms with E-state index in [4.69, 9.17) is 27.9 Å². The third kappa shape index (κ3) is 2.87. The topological polar surface area (TPSA) is 55.4 Å². The largest absolute Gasteiger partial charge is 0.372 e. The maximum absolute atomic E-state index is 12.4. The highest BCUT2D eigenvalue weighted by molar-refractivity contribution is 7.92. The molecule has 2 aromatic carbocycles. The molecule has 0 saturated heterocycles. The Kier molecular flexibility index (Phi) is 3.84. The second-order valence-corrected chi connectivity index (χ2v) is 7.12. The maximum atomic E-state index is 12.4. The van der Waals surface area contributed by atoms with E-state index in [1.165, 1.54) is 0 Å². The third-order valence-electron chi connectivity index (χ3n) is 3.20. The molecule has 4 nitrogen and oxygen atoms in total. The monoisotopic (exact) mass is 343 g/mol. The Morgan fingerprint density at radius 3 is 2.38 bits per heavy atom. The average molecular weight is 344 g/mol. The highest BCUT2D eigenvalue weighted by atomic mass is 35.5. The van der Waals surface area contributed by atoms with Crippen LogP contribution in [0.4, 0.5) is 5.69 Å². The van der Waals surface area contributed by atoms with Gasteiger partial charge in [0, 0.05) is 0 Å². The summed E-state index contributed by atoms with van der Waals surface area (Å²) in [5.74, 6) is 0. The Morgan fingerprint density at radius 1 is 1.00 bits per heavy atom. The number of benzene rings is 2. The van der Waals surface area contributed by atoms with Gasteiger partial charge in [-0.3, -0.25) is 4.72 Å². The second-order valence-electron chi connectivity index (χ2n) is 4.63. The summed E-state index contributed by atoms with van der Waals surface area (Å²) in [5, 5.41) is 0.492. The number of ether oxygens (including phenoxy) is 1. The Hall–Kier alpha value is -1.27. The van der Waals surface area contributed by atoms with Crippen LogP contribution in [0.5, 0.6) is 0 Å². The fourth-order valence-corrected chi connectivity index (χ4v) is 3.86. The van der Waals surface area contributed by atoms with Crippen molar-refractivity contribution in [3.05, 3.63) is 57.6 Å². The van der Waals surface area contributed by atoms with Gasteiger partial charge in [-0.25, -0.2) is 8.42 Å². The Labute approximate surface area is 132 Å². The first-order chi connectivity index (χ1) is 9.97. The average Bonchev–Trinajstić information content (AvgIpc) is 2.90. The number of nitrogens with one attached hydrogen (secondary N) is 1. The number of para-hydroxylation sites is 1. The molecule has 1 aliphatic rings. The zero-order valence-corrected chi connectivity index (χ0v) is 13.1. The number of hydrogen-bond donors (Lipinski definition) is 1. The van der Waals surface area contributed by atoms with Crippen molar-refractivity contribution >= 4 is 38.9 Å². The highest BCUT2D eigenvalue weighted by Crippen LogP contribution is 2.32. The van der Waals surface area contributed by atoms with E-state index in [2.05, 4.69) is 4.72 Å². The van der Waals surface area contributed by atoms with Crippen molar-refractivity contribution in [1.29, 1.82) is 0 Å². The van der Waals surface area contributed by atoms with Crippen LogP contribution in [-0.2, 0) is 28.0 Å². The van der Waals surface area contributed by atoms with Gasteiger partial charge in [0.1, 0.15) is 0 Å². The molecule has 2 aromatic rings. The Morgan fingerprint density at radius 2 is 1.67 bits per heavy atom. The molecule has 1 heterocycles. The minimum atomic E-state index is -3.75. The Bertz CT molecular complexity index is 786. The van der Waals surface area contributed by atoms with Crippen LogP contribution < -0.4 is 4.72 Å². The van der Waals surface area contributed by atoms with Crippen molar-refractivity contribution in [1.82, 2.24) is 0 Å². The Balaban J connectivity index is 1.98. The molecule has 3 rings (SSSR count). The maximum Gasteiger partial charge on any atom is 0.261 e. The van der Waals surface area contributed by atoms with Crippen LogP contribution in [-0.4, -0.2) is 8.42 Å². The lowest BCUT2D eigenvalue weighted by Crippen LogP contribution is -2.14. The zero-order valence-electron chi connectivity index (χ0n) is 10.8. The number of rotatable bonds is 3. The van der Waals surface area contributed by atoms with Gasteiger partial charge in [0.05, 0.1) is 33.8 Å². The highest BCUT2D eigenvalue weighted by Gasteiger charge is 2.20. The van der Waals surface area contributed by atoms with Gasteiger partial charge in [-0.05, 0) is 35.4 Å². The molecular formula is C14H11Cl2NO3S. The van der Waals surface area contributed by atoms with E-state index in [1.807, 2.05) is 0 Å². The molecule has 0 aromatic heterocycles. The number of sulfonamides is 1. The minimum Gasteiger partial charge on any atom is -0.372 e. The van der Waals surface area contributed by atoms with Crippen LogP contribution in [0.2, 0.25) is 10.0 Å². The predicted octanol–water partition coefficient (Wildman–Crippen LogP) is 3.82. The van der Waals surface area contributed by atoms with E-state index in [1.54, 1.807) is 36.4 Å². The standard InChI is InChI=1S/C14H11Cl2NO3S/c15-12-2-1-3-13(16)14(12)17-21(18,19)11-5-4-9-7-20-8-10(9)6-11/h1-6,17H,7-8H2. The van der Waals surface area contributed by atoms with Crippen molar-refractivity contribution in [3.8, 4) is 0 Å². The first kappa shape index (κ1) is 14.7. The van der Waals surface area contributed by atoms with Gasteiger partial charge < -0.3 is 4.74 Å². The van der Waals surface area contributed by atoms with E-state index in [-0.39, 0.29) is 20.6 Å². The van der Waals surface area contributed by atoms with E-state index in [9.17, 15) is 8.42 Å². The second kappa shape index (κ2) is 5.50. The lowest BCUT2D eigenvalue weighted by atomic mass is 10.1. The molecule has 0 saturated carbocycles. The van der Waals surface area contributed by atoms with Gasteiger partial charge in [-0.15, -0.1) is 0 Å². The number of anilines is 1. The number of hydrogen-bond acceptors (Lipinski definition) is 3.